The summed E-state index contributed by atoms with van der Waals surface area (Å²) in [5.41, 5.74) is 0. The Morgan fingerprint density at radius 1 is 1.31 bits per heavy atom. The number of hydrogen-bond donors (Lipinski definition) is 2. The van der Waals surface area contributed by atoms with E-state index in [4.69, 9.17) is 19.8 Å². The highest BCUT2D eigenvalue weighted by Gasteiger charge is 2.11. The summed E-state index contributed by atoms with van der Waals surface area (Å²) in [6.07, 6.45) is -0.253. The van der Waals surface area contributed by atoms with Gasteiger partial charge in [0.15, 0.2) is 0 Å². The molecule has 0 aliphatic carbocycles. The van der Waals surface area contributed by atoms with Crippen molar-refractivity contribution in [1.82, 2.24) is 0 Å². The molecule has 0 saturated carbocycles. The van der Waals surface area contributed by atoms with Crippen molar-refractivity contribution in [1.29, 1.82) is 0 Å². The highest BCUT2D eigenvalue weighted by atomic mass is 17.2. The molecule has 0 amide bonds. The minimum Gasteiger partial charge on any atom is -0.460 e. The van der Waals surface area contributed by atoms with Crippen molar-refractivity contribution >= 4 is 5.97 Å². The minimum atomic E-state index is -0.454. The van der Waals surface area contributed by atoms with Crippen LogP contribution in [-0.4, -0.2) is 48.2 Å². The van der Waals surface area contributed by atoms with Crippen LogP contribution in [0.15, 0.2) is 0 Å². The van der Waals surface area contributed by atoms with Crippen LogP contribution < -0.4 is 0 Å². The summed E-state index contributed by atoms with van der Waals surface area (Å²) >= 11 is 0. The van der Waals surface area contributed by atoms with Gasteiger partial charge in [-0.1, -0.05) is 6.92 Å². The molecule has 2 N–H and O–H groups in total. The summed E-state index contributed by atoms with van der Waals surface area (Å²) < 4.78 is 4.91. The second-order valence-corrected chi connectivity index (χ2v) is 3.36. The van der Waals surface area contributed by atoms with Crippen LogP contribution in [0.4, 0.5) is 0 Å². The van der Waals surface area contributed by atoms with Crippen molar-refractivity contribution in [2.45, 2.75) is 38.9 Å². The van der Waals surface area contributed by atoms with E-state index in [1.54, 1.807) is 6.92 Å². The first kappa shape index (κ1) is 15.3. The Hall–Kier alpha value is -0.690. The maximum absolute atomic E-state index is 11.2. The van der Waals surface area contributed by atoms with E-state index in [-0.39, 0.29) is 26.2 Å². The van der Waals surface area contributed by atoms with Gasteiger partial charge >= 0.3 is 5.97 Å². The fraction of sp³-hybridized carbons (Fsp3) is 0.900. The van der Waals surface area contributed by atoms with Gasteiger partial charge in [0.2, 0.25) is 0 Å². The average Bonchev–Trinajstić information content (AvgIpc) is 2.31. The molecule has 0 aliphatic rings. The maximum Gasteiger partial charge on any atom is 0.308 e. The van der Waals surface area contributed by atoms with E-state index in [1.807, 2.05) is 6.92 Å². The number of hydrogen-bond acceptors (Lipinski definition) is 6. The van der Waals surface area contributed by atoms with Gasteiger partial charge in [0.05, 0.1) is 26.2 Å². The van der Waals surface area contributed by atoms with E-state index >= 15 is 0 Å². The quantitative estimate of drug-likeness (QED) is 0.254. The Labute approximate surface area is 95.0 Å². The zero-order valence-electron chi connectivity index (χ0n) is 9.72. The van der Waals surface area contributed by atoms with Crippen molar-refractivity contribution in [3.05, 3.63) is 0 Å². The van der Waals surface area contributed by atoms with Crippen LogP contribution in [0.3, 0.4) is 0 Å². The van der Waals surface area contributed by atoms with Gasteiger partial charge in [0.1, 0.15) is 12.2 Å². The number of ether oxygens (including phenoxy) is 1. The summed E-state index contributed by atoms with van der Waals surface area (Å²) in [6, 6.07) is 0. The monoisotopic (exact) mass is 236 g/mol. The molecule has 0 bridgehead atoms. The Morgan fingerprint density at radius 3 is 2.50 bits per heavy atom. The standard InChI is InChI=1S/C10H20O6/c1-3-9(7-12)15-10(13)4-5-14-16-8(2)6-11/h8-9,11-12H,3-7H2,1-2H3. The van der Waals surface area contributed by atoms with Crippen molar-refractivity contribution in [2.24, 2.45) is 0 Å². The third-order valence-corrected chi connectivity index (χ3v) is 1.84. The second-order valence-electron chi connectivity index (χ2n) is 3.36. The van der Waals surface area contributed by atoms with E-state index in [0.717, 1.165) is 0 Å². The Morgan fingerprint density at radius 2 is 2.00 bits per heavy atom. The van der Waals surface area contributed by atoms with Gasteiger partial charge in [0.25, 0.3) is 0 Å². The topological polar surface area (TPSA) is 85.2 Å². The second kappa shape index (κ2) is 9.53. The lowest BCUT2D eigenvalue weighted by Gasteiger charge is -2.13. The molecule has 0 aliphatic heterocycles. The molecular formula is C10H20O6. The van der Waals surface area contributed by atoms with Gasteiger partial charge in [-0.05, 0) is 13.3 Å². The zero-order chi connectivity index (χ0) is 12.4. The Balaban J connectivity index is 3.50. The number of esters is 1. The molecule has 2 atom stereocenters. The lowest BCUT2D eigenvalue weighted by atomic mass is 10.3. The zero-order valence-corrected chi connectivity index (χ0v) is 9.72. The Kier molecular flexibility index (Phi) is 9.12. The molecule has 0 fully saturated rings. The van der Waals surface area contributed by atoms with E-state index in [1.165, 1.54) is 0 Å². The van der Waals surface area contributed by atoms with Crippen LogP contribution in [0.2, 0.25) is 0 Å². The van der Waals surface area contributed by atoms with Gasteiger partial charge in [-0.3, -0.25) is 4.79 Å². The highest BCUT2D eigenvalue weighted by molar-refractivity contribution is 5.69. The van der Waals surface area contributed by atoms with Gasteiger partial charge < -0.3 is 14.9 Å². The first-order valence-corrected chi connectivity index (χ1v) is 5.33. The number of rotatable bonds is 9. The third kappa shape index (κ3) is 7.58. The van der Waals surface area contributed by atoms with Gasteiger partial charge in [-0.2, -0.15) is 0 Å². The molecule has 0 saturated heterocycles. The highest BCUT2D eigenvalue weighted by Crippen LogP contribution is 2.00. The first-order chi connectivity index (χ1) is 7.63. The van der Waals surface area contributed by atoms with Gasteiger partial charge in [-0.15, -0.1) is 0 Å². The van der Waals surface area contributed by atoms with E-state index < -0.39 is 18.2 Å². The maximum atomic E-state index is 11.2. The number of carbonyl (C=O) groups excluding carboxylic acids is 1. The molecule has 0 aromatic carbocycles. The lowest BCUT2D eigenvalue weighted by Crippen LogP contribution is -2.22. The van der Waals surface area contributed by atoms with Crippen molar-refractivity contribution in [3.63, 3.8) is 0 Å². The molecule has 0 heterocycles. The molecule has 0 radical (unpaired) electrons. The fourth-order valence-electron chi connectivity index (χ4n) is 0.814. The number of aliphatic hydroxyl groups is 2. The van der Waals surface area contributed by atoms with Gasteiger partial charge in [0, 0.05) is 0 Å². The molecular weight excluding hydrogens is 216 g/mol. The first-order valence-electron chi connectivity index (χ1n) is 5.33. The molecule has 16 heavy (non-hydrogen) atoms. The van der Waals surface area contributed by atoms with Crippen molar-refractivity contribution < 1.29 is 29.5 Å². The largest absolute Gasteiger partial charge is 0.460 e. The normalized spacial score (nSPS) is 14.5. The molecule has 6 heteroatoms. The summed E-state index contributed by atoms with van der Waals surface area (Å²) in [4.78, 5) is 20.5. The average molecular weight is 236 g/mol. The predicted molar refractivity (Wildman–Crippen MR) is 55.5 cm³/mol. The molecule has 96 valence electrons. The van der Waals surface area contributed by atoms with E-state index in [9.17, 15) is 4.79 Å². The minimum absolute atomic E-state index is 0.0502. The molecule has 0 aromatic rings. The third-order valence-electron chi connectivity index (χ3n) is 1.84. The summed E-state index contributed by atoms with van der Waals surface area (Å²) in [5, 5.41) is 17.4. The van der Waals surface area contributed by atoms with Crippen LogP contribution in [-0.2, 0) is 19.3 Å². The summed E-state index contributed by atoms with van der Waals surface area (Å²) in [6.45, 7) is 3.19. The van der Waals surface area contributed by atoms with Crippen LogP contribution in [0, 0.1) is 0 Å². The predicted octanol–water partition coefficient (Wildman–Crippen LogP) is 0.0196. The summed E-state index contributed by atoms with van der Waals surface area (Å²) in [7, 11) is 0. The Bertz CT molecular complexity index is 180. The summed E-state index contributed by atoms with van der Waals surface area (Å²) in [5.74, 6) is -0.443. The molecule has 0 rings (SSSR count). The van der Waals surface area contributed by atoms with Gasteiger partial charge in [-0.25, -0.2) is 9.78 Å². The fourth-order valence-corrected chi connectivity index (χ4v) is 0.814. The van der Waals surface area contributed by atoms with Crippen LogP contribution in [0.5, 0.6) is 0 Å². The van der Waals surface area contributed by atoms with Crippen molar-refractivity contribution in [2.75, 3.05) is 19.8 Å². The lowest BCUT2D eigenvalue weighted by molar-refractivity contribution is -0.324. The van der Waals surface area contributed by atoms with E-state index in [0.29, 0.717) is 6.42 Å². The van der Waals surface area contributed by atoms with Crippen LogP contribution >= 0.6 is 0 Å². The molecule has 2 unspecified atom stereocenters. The van der Waals surface area contributed by atoms with Crippen LogP contribution in [0.1, 0.15) is 26.7 Å². The SMILES string of the molecule is CCC(CO)OC(=O)CCOOC(C)CO. The van der Waals surface area contributed by atoms with Crippen LogP contribution in [0.25, 0.3) is 0 Å². The molecule has 0 aromatic heterocycles. The number of aliphatic hydroxyl groups excluding tert-OH is 2. The number of carbonyl (C=O) groups is 1. The molecule has 6 nitrogen and oxygen atoms in total. The molecule has 0 spiro atoms. The van der Waals surface area contributed by atoms with Crippen molar-refractivity contribution in [3.8, 4) is 0 Å². The van der Waals surface area contributed by atoms with E-state index in [2.05, 4.69) is 4.89 Å². The smallest absolute Gasteiger partial charge is 0.308 e.